The van der Waals surface area contributed by atoms with Crippen molar-refractivity contribution in [2.24, 2.45) is 17.6 Å². The maximum atomic E-state index is 11.5. The lowest BCUT2D eigenvalue weighted by Gasteiger charge is -2.35. The van der Waals surface area contributed by atoms with Crippen molar-refractivity contribution in [3.8, 4) is 0 Å². The number of piperidine rings is 1. The molecule has 0 bridgehead atoms. The van der Waals surface area contributed by atoms with Crippen LogP contribution in [0.1, 0.15) is 19.3 Å². The van der Waals surface area contributed by atoms with Gasteiger partial charge in [0.1, 0.15) is 0 Å². The predicted octanol–water partition coefficient (Wildman–Crippen LogP) is 0.485. The van der Waals surface area contributed by atoms with E-state index in [2.05, 4.69) is 10.00 Å². The number of ether oxygens (including phenoxy) is 1. The molecule has 0 spiro atoms. The van der Waals surface area contributed by atoms with Gasteiger partial charge in [0.15, 0.2) is 0 Å². The molecule has 116 valence electrons. The van der Waals surface area contributed by atoms with Gasteiger partial charge in [0, 0.05) is 25.5 Å². The highest BCUT2D eigenvalue weighted by molar-refractivity contribution is 5.77. The molecule has 6 nitrogen and oxygen atoms in total. The number of aromatic nitrogens is 2. The van der Waals surface area contributed by atoms with Crippen molar-refractivity contribution >= 4 is 5.91 Å². The first kappa shape index (κ1) is 14.5. The van der Waals surface area contributed by atoms with Crippen LogP contribution in [0.15, 0.2) is 18.5 Å². The van der Waals surface area contributed by atoms with Gasteiger partial charge < -0.3 is 15.4 Å². The van der Waals surface area contributed by atoms with Crippen LogP contribution < -0.4 is 5.73 Å². The molecule has 0 aliphatic carbocycles. The van der Waals surface area contributed by atoms with E-state index in [1.54, 1.807) is 0 Å². The third-order valence-corrected chi connectivity index (χ3v) is 4.80. The molecule has 2 aliphatic rings. The summed E-state index contributed by atoms with van der Waals surface area (Å²) in [7, 11) is 0. The smallest absolute Gasteiger partial charge is 0.223 e. The molecule has 1 amide bonds. The molecular formula is C15H24N4O2. The Kier molecular flexibility index (Phi) is 4.55. The van der Waals surface area contributed by atoms with Crippen LogP contribution in [0, 0.1) is 11.8 Å². The second-order valence-corrected chi connectivity index (χ2v) is 6.08. The molecule has 6 heteroatoms. The zero-order valence-corrected chi connectivity index (χ0v) is 12.4. The fourth-order valence-electron chi connectivity index (χ4n) is 3.56. The van der Waals surface area contributed by atoms with Crippen molar-refractivity contribution in [1.82, 2.24) is 14.7 Å². The SMILES string of the molecule is NC(=O)[C@H]1CCO[C@@H]1C1CCN(CCn2cccn2)CC1. The molecule has 2 saturated heterocycles. The lowest BCUT2D eigenvalue weighted by atomic mass is 9.84. The average Bonchev–Trinajstić information content (AvgIpc) is 3.17. The largest absolute Gasteiger partial charge is 0.377 e. The maximum Gasteiger partial charge on any atom is 0.223 e. The van der Waals surface area contributed by atoms with Gasteiger partial charge in [-0.1, -0.05) is 0 Å². The molecular weight excluding hydrogens is 268 g/mol. The van der Waals surface area contributed by atoms with Crippen LogP contribution in [0.25, 0.3) is 0 Å². The van der Waals surface area contributed by atoms with E-state index in [0.29, 0.717) is 12.5 Å². The van der Waals surface area contributed by atoms with E-state index < -0.39 is 0 Å². The van der Waals surface area contributed by atoms with Crippen LogP contribution >= 0.6 is 0 Å². The first-order valence-electron chi connectivity index (χ1n) is 7.85. The number of nitrogens with zero attached hydrogens (tertiary/aromatic N) is 3. The summed E-state index contributed by atoms with van der Waals surface area (Å²) in [4.78, 5) is 13.9. The Hall–Kier alpha value is -1.40. The number of carbonyl (C=O) groups is 1. The Morgan fingerprint density at radius 1 is 1.29 bits per heavy atom. The van der Waals surface area contributed by atoms with Crippen molar-refractivity contribution in [2.75, 3.05) is 26.2 Å². The van der Waals surface area contributed by atoms with Crippen LogP contribution in [0.2, 0.25) is 0 Å². The summed E-state index contributed by atoms with van der Waals surface area (Å²) in [5.41, 5.74) is 5.48. The van der Waals surface area contributed by atoms with Crippen molar-refractivity contribution in [2.45, 2.75) is 31.9 Å². The van der Waals surface area contributed by atoms with Crippen LogP contribution in [-0.4, -0.2) is 52.9 Å². The van der Waals surface area contributed by atoms with Gasteiger partial charge in [0.2, 0.25) is 5.91 Å². The Bertz CT molecular complexity index is 454. The van der Waals surface area contributed by atoms with Crippen LogP contribution in [0.5, 0.6) is 0 Å². The molecule has 1 aromatic heterocycles. The molecule has 3 rings (SSSR count). The molecule has 2 atom stereocenters. The van der Waals surface area contributed by atoms with E-state index in [-0.39, 0.29) is 17.9 Å². The summed E-state index contributed by atoms with van der Waals surface area (Å²) < 4.78 is 7.75. The molecule has 2 aliphatic heterocycles. The second kappa shape index (κ2) is 6.58. The summed E-state index contributed by atoms with van der Waals surface area (Å²) in [6.45, 7) is 4.77. The van der Waals surface area contributed by atoms with Gasteiger partial charge in [0.05, 0.1) is 18.6 Å². The zero-order valence-electron chi connectivity index (χ0n) is 12.4. The normalized spacial score (nSPS) is 28.0. The minimum atomic E-state index is -0.196. The number of hydrogen-bond acceptors (Lipinski definition) is 4. The van der Waals surface area contributed by atoms with E-state index in [4.69, 9.17) is 10.5 Å². The predicted molar refractivity (Wildman–Crippen MR) is 78.4 cm³/mol. The number of amides is 1. The van der Waals surface area contributed by atoms with Gasteiger partial charge in [-0.3, -0.25) is 9.48 Å². The number of hydrogen-bond donors (Lipinski definition) is 1. The Labute approximate surface area is 125 Å². The van der Waals surface area contributed by atoms with Gasteiger partial charge in [0.25, 0.3) is 0 Å². The lowest BCUT2D eigenvalue weighted by molar-refractivity contribution is -0.124. The minimum Gasteiger partial charge on any atom is -0.377 e. The molecule has 0 radical (unpaired) electrons. The molecule has 0 unspecified atom stereocenters. The molecule has 21 heavy (non-hydrogen) atoms. The third-order valence-electron chi connectivity index (χ3n) is 4.80. The summed E-state index contributed by atoms with van der Waals surface area (Å²) in [6, 6.07) is 1.95. The summed E-state index contributed by atoms with van der Waals surface area (Å²) in [5, 5.41) is 4.23. The standard InChI is InChI=1S/C15H24N4O2/c16-15(20)13-4-11-21-14(13)12-2-7-18(8-3-12)9-10-19-6-1-5-17-19/h1,5-6,12-14H,2-4,7-11H2,(H2,16,20)/t13-,14+/m0/s1. The van der Waals surface area contributed by atoms with E-state index in [1.165, 1.54) is 0 Å². The van der Waals surface area contributed by atoms with E-state index in [0.717, 1.165) is 45.4 Å². The van der Waals surface area contributed by atoms with Crippen molar-refractivity contribution in [3.63, 3.8) is 0 Å². The summed E-state index contributed by atoms with van der Waals surface area (Å²) >= 11 is 0. The third kappa shape index (κ3) is 3.44. The first-order chi connectivity index (χ1) is 10.2. The van der Waals surface area contributed by atoms with Gasteiger partial charge in [-0.2, -0.15) is 5.10 Å². The Morgan fingerprint density at radius 3 is 2.76 bits per heavy atom. The number of carbonyl (C=O) groups excluding carboxylic acids is 1. The lowest BCUT2D eigenvalue weighted by Crippen LogP contribution is -2.42. The van der Waals surface area contributed by atoms with Gasteiger partial charge in [-0.15, -0.1) is 0 Å². The first-order valence-corrected chi connectivity index (χ1v) is 7.85. The topological polar surface area (TPSA) is 73.4 Å². The van der Waals surface area contributed by atoms with Crippen LogP contribution in [0.3, 0.4) is 0 Å². The Balaban J connectivity index is 1.45. The molecule has 0 aromatic carbocycles. The van der Waals surface area contributed by atoms with Crippen LogP contribution in [0.4, 0.5) is 0 Å². The fraction of sp³-hybridized carbons (Fsp3) is 0.733. The van der Waals surface area contributed by atoms with Crippen molar-refractivity contribution < 1.29 is 9.53 Å². The molecule has 2 fully saturated rings. The van der Waals surface area contributed by atoms with E-state index in [9.17, 15) is 4.79 Å². The number of primary amides is 1. The zero-order chi connectivity index (χ0) is 14.7. The van der Waals surface area contributed by atoms with Gasteiger partial charge in [-0.25, -0.2) is 0 Å². The molecule has 0 saturated carbocycles. The average molecular weight is 292 g/mol. The van der Waals surface area contributed by atoms with Gasteiger partial charge in [-0.05, 0) is 44.3 Å². The minimum absolute atomic E-state index is 0.0516. The monoisotopic (exact) mass is 292 g/mol. The summed E-state index contributed by atoms with van der Waals surface area (Å²) in [5.74, 6) is 0.204. The van der Waals surface area contributed by atoms with E-state index >= 15 is 0 Å². The number of rotatable bonds is 5. The highest BCUT2D eigenvalue weighted by atomic mass is 16.5. The van der Waals surface area contributed by atoms with Crippen molar-refractivity contribution in [1.29, 1.82) is 0 Å². The molecule has 1 aromatic rings. The van der Waals surface area contributed by atoms with Crippen LogP contribution in [-0.2, 0) is 16.1 Å². The highest BCUT2D eigenvalue weighted by Crippen LogP contribution is 2.32. The highest BCUT2D eigenvalue weighted by Gasteiger charge is 2.39. The van der Waals surface area contributed by atoms with E-state index in [1.807, 2.05) is 23.1 Å². The molecule has 3 heterocycles. The van der Waals surface area contributed by atoms with Crippen molar-refractivity contribution in [3.05, 3.63) is 18.5 Å². The number of likely N-dealkylation sites (tertiary alicyclic amines) is 1. The van der Waals surface area contributed by atoms with Gasteiger partial charge >= 0.3 is 0 Å². The quantitative estimate of drug-likeness (QED) is 0.857. The maximum absolute atomic E-state index is 11.5. The fourth-order valence-corrected chi connectivity index (χ4v) is 3.56. The number of nitrogens with two attached hydrogens (primary N) is 1. The summed E-state index contributed by atoms with van der Waals surface area (Å²) in [6.07, 6.45) is 6.83. The second-order valence-electron chi connectivity index (χ2n) is 6.08. The Morgan fingerprint density at radius 2 is 2.10 bits per heavy atom. The molecule has 2 N–H and O–H groups in total.